The van der Waals surface area contributed by atoms with E-state index in [1.165, 1.54) is 0 Å². The maximum atomic E-state index is 13.2. The molecule has 0 aliphatic heterocycles. The first-order valence-electron chi connectivity index (χ1n) is 11.3. The summed E-state index contributed by atoms with van der Waals surface area (Å²) in [4.78, 5) is 17.8. The van der Waals surface area contributed by atoms with Gasteiger partial charge in [0, 0.05) is 23.4 Å². The van der Waals surface area contributed by atoms with Gasteiger partial charge in [-0.2, -0.15) is 5.21 Å². The molecule has 0 radical (unpaired) electrons. The number of pyridine rings is 1. The third-order valence-electron chi connectivity index (χ3n) is 5.70. The van der Waals surface area contributed by atoms with Crippen LogP contribution in [-0.2, 0) is 13.0 Å². The van der Waals surface area contributed by atoms with Crippen LogP contribution in [0.4, 0.5) is 0 Å². The number of halogens is 1. The van der Waals surface area contributed by atoms with Crippen molar-refractivity contribution in [3.05, 3.63) is 69.5 Å². The highest BCUT2D eigenvalue weighted by Gasteiger charge is 2.20. The van der Waals surface area contributed by atoms with Crippen LogP contribution in [0.15, 0.2) is 47.4 Å². The second-order valence-electron chi connectivity index (χ2n) is 8.36. The summed E-state index contributed by atoms with van der Waals surface area (Å²) in [5, 5.41) is 14.9. The number of nitrogens with one attached hydrogen (secondary N) is 1. The molecule has 0 saturated heterocycles. The average molecular weight is 466 g/mol. The van der Waals surface area contributed by atoms with E-state index in [0.29, 0.717) is 17.5 Å². The number of aromatic amines is 1. The zero-order valence-corrected chi connectivity index (χ0v) is 19.9. The second-order valence-corrected chi connectivity index (χ2v) is 8.72. The zero-order chi connectivity index (χ0) is 23.4. The van der Waals surface area contributed by atoms with E-state index < -0.39 is 0 Å². The predicted octanol–water partition coefficient (Wildman–Crippen LogP) is 4.91. The molecule has 0 unspecified atom stereocenters. The molecule has 3 aromatic heterocycles. The van der Waals surface area contributed by atoms with Crippen molar-refractivity contribution in [3.63, 3.8) is 0 Å². The summed E-state index contributed by atoms with van der Waals surface area (Å²) >= 11 is 6.65. The minimum Gasteiger partial charge on any atom is -0.290 e. The van der Waals surface area contributed by atoms with Gasteiger partial charge in [-0.15, -0.1) is 10.2 Å². The van der Waals surface area contributed by atoms with Gasteiger partial charge < -0.3 is 0 Å². The van der Waals surface area contributed by atoms with Crippen molar-refractivity contribution in [2.75, 3.05) is 0 Å². The van der Waals surface area contributed by atoms with Gasteiger partial charge in [-0.25, -0.2) is 4.79 Å². The molecule has 0 amide bonds. The Hall–Kier alpha value is -3.26. The van der Waals surface area contributed by atoms with Gasteiger partial charge in [0.15, 0.2) is 0 Å². The van der Waals surface area contributed by atoms with Crippen LogP contribution in [0, 0.1) is 0 Å². The van der Waals surface area contributed by atoms with Crippen LogP contribution in [0.2, 0.25) is 5.15 Å². The van der Waals surface area contributed by atoms with E-state index in [4.69, 9.17) is 11.6 Å². The van der Waals surface area contributed by atoms with Crippen LogP contribution in [0.1, 0.15) is 57.3 Å². The molecule has 0 spiro atoms. The van der Waals surface area contributed by atoms with Gasteiger partial charge in [-0.1, -0.05) is 61.7 Å². The number of unbranched alkanes of at least 4 members (excludes halogenated alkanes) is 2. The highest BCUT2D eigenvalue weighted by molar-refractivity contribution is 6.30. The summed E-state index contributed by atoms with van der Waals surface area (Å²) in [5.74, 6) is 0.518. The third-order valence-corrected chi connectivity index (χ3v) is 6.10. The highest BCUT2D eigenvalue weighted by atomic mass is 35.5. The van der Waals surface area contributed by atoms with E-state index in [2.05, 4.69) is 32.5 Å². The number of imidazole rings is 1. The Morgan fingerprint density at radius 2 is 1.88 bits per heavy atom. The Bertz CT molecular complexity index is 1260. The summed E-state index contributed by atoms with van der Waals surface area (Å²) in [6.07, 6.45) is 5.81. The molecule has 1 aromatic carbocycles. The highest BCUT2D eigenvalue weighted by Crippen LogP contribution is 2.28. The topological polar surface area (TPSA) is 94.3 Å². The van der Waals surface area contributed by atoms with Crippen molar-refractivity contribution in [2.24, 2.45) is 0 Å². The molecule has 0 aliphatic rings. The molecular weight excluding hydrogens is 438 g/mol. The van der Waals surface area contributed by atoms with Crippen molar-refractivity contribution >= 4 is 11.6 Å². The van der Waals surface area contributed by atoms with Crippen molar-refractivity contribution in [2.45, 2.75) is 59.0 Å². The summed E-state index contributed by atoms with van der Waals surface area (Å²) < 4.78 is 3.47. The number of tetrazole rings is 1. The van der Waals surface area contributed by atoms with Crippen LogP contribution in [-0.4, -0.2) is 34.7 Å². The van der Waals surface area contributed by atoms with Gasteiger partial charge >= 0.3 is 5.69 Å². The first-order valence-corrected chi connectivity index (χ1v) is 11.7. The number of hydrogen-bond donors (Lipinski definition) is 1. The van der Waals surface area contributed by atoms with Gasteiger partial charge in [0.25, 0.3) is 0 Å². The smallest absolute Gasteiger partial charge is 0.290 e. The Labute approximate surface area is 197 Å². The Morgan fingerprint density at radius 1 is 1.09 bits per heavy atom. The van der Waals surface area contributed by atoms with Gasteiger partial charge in [-0.3, -0.25) is 14.1 Å². The van der Waals surface area contributed by atoms with Crippen molar-refractivity contribution in [1.82, 2.24) is 34.7 Å². The molecule has 172 valence electrons. The number of H-pyrrole nitrogens is 1. The van der Waals surface area contributed by atoms with E-state index in [1.54, 1.807) is 9.13 Å². The molecule has 4 aromatic rings. The van der Waals surface area contributed by atoms with E-state index in [1.807, 2.05) is 56.4 Å². The van der Waals surface area contributed by atoms with Gasteiger partial charge in [0.1, 0.15) is 5.15 Å². The lowest BCUT2D eigenvalue weighted by atomic mass is 10.0. The largest absolute Gasteiger partial charge is 0.330 e. The monoisotopic (exact) mass is 465 g/mol. The summed E-state index contributed by atoms with van der Waals surface area (Å²) in [6.45, 7) is 6.55. The lowest BCUT2D eigenvalue weighted by Crippen LogP contribution is -2.26. The number of benzene rings is 1. The molecule has 33 heavy (non-hydrogen) atoms. The molecule has 3 heterocycles. The van der Waals surface area contributed by atoms with Gasteiger partial charge in [0.2, 0.25) is 5.82 Å². The fourth-order valence-electron chi connectivity index (χ4n) is 4.01. The predicted molar refractivity (Wildman–Crippen MR) is 129 cm³/mol. The van der Waals surface area contributed by atoms with E-state index in [9.17, 15) is 4.79 Å². The zero-order valence-electron chi connectivity index (χ0n) is 19.1. The average Bonchev–Trinajstić information content (AvgIpc) is 3.43. The maximum absolute atomic E-state index is 13.2. The summed E-state index contributed by atoms with van der Waals surface area (Å²) in [7, 11) is 0. The normalized spacial score (nSPS) is 11.4. The van der Waals surface area contributed by atoms with Crippen LogP contribution in [0.5, 0.6) is 0 Å². The van der Waals surface area contributed by atoms with Crippen molar-refractivity contribution in [1.29, 1.82) is 0 Å². The van der Waals surface area contributed by atoms with Gasteiger partial charge in [0.05, 0.1) is 17.9 Å². The fraction of sp³-hybridized carbons (Fsp3) is 0.375. The molecule has 0 bridgehead atoms. The maximum Gasteiger partial charge on any atom is 0.330 e. The molecule has 0 fully saturated rings. The Balaban J connectivity index is 1.65. The van der Waals surface area contributed by atoms with Crippen molar-refractivity contribution < 1.29 is 0 Å². The summed E-state index contributed by atoms with van der Waals surface area (Å²) in [5.41, 5.74) is 4.32. The molecule has 4 rings (SSSR count). The summed E-state index contributed by atoms with van der Waals surface area (Å²) in [6, 6.07) is 11.8. The molecule has 0 aliphatic carbocycles. The molecule has 0 atom stereocenters. The Morgan fingerprint density at radius 3 is 2.52 bits per heavy atom. The van der Waals surface area contributed by atoms with Gasteiger partial charge in [-0.05, 0) is 43.5 Å². The SMILES string of the molecule is CCCCCc1c(Cl)n(C(C)C)c(=O)n1Cc1ccc(-c2ccccc2-c2nn[nH]n2)nc1. The second kappa shape index (κ2) is 10.1. The Kier molecular flexibility index (Phi) is 7.03. The molecule has 1 N–H and O–H groups in total. The number of nitrogens with zero attached hydrogens (tertiary/aromatic N) is 6. The number of rotatable bonds is 9. The minimum absolute atomic E-state index is 0.00156. The fourth-order valence-corrected chi connectivity index (χ4v) is 4.47. The molecular formula is C24H28ClN7O. The van der Waals surface area contributed by atoms with E-state index in [0.717, 1.165) is 53.8 Å². The third kappa shape index (κ3) is 4.75. The first-order chi connectivity index (χ1) is 16.0. The molecule has 9 heteroatoms. The minimum atomic E-state index is -0.0759. The molecule has 0 saturated carbocycles. The van der Waals surface area contributed by atoms with E-state index >= 15 is 0 Å². The standard InChI is InChI=1S/C24H28ClN7O/c1-4-5-6-11-21-22(25)32(16(2)3)24(33)31(21)15-17-12-13-20(26-14-17)18-9-7-8-10-19(18)23-27-29-30-28-23/h7-10,12-14,16H,4-6,11,15H2,1-3H3,(H,27,28,29,30). The lowest BCUT2D eigenvalue weighted by molar-refractivity contribution is 0.560. The van der Waals surface area contributed by atoms with Crippen LogP contribution < -0.4 is 5.69 Å². The lowest BCUT2D eigenvalue weighted by Gasteiger charge is -2.09. The van der Waals surface area contributed by atoms with Crippen LogP contribution in [0.3, 0.4) is 0 Å². The van der Waals surface area contributed by atoms with E-state index in [-0.39, 0.29) is 11.7 Å². The quantitative estimate of drug-likeness (QED) is 0.354. The molecule has 8 nitrogen and oxygen atoms in total. The number of aromatic nitrogens is 7. The van der Waals surface area contributed by atoms with Crippen molar-refractivity contribution in [3.8, 4) is 22.6 Å². The van der Waals surface area contributed by atoms with Crippen LogP contribution in [0.25, 0.3) is 22.6 Å². The van der Waals surface area contributed by atoms with Crippen LogP contribution >= 0.6 is 11.6 Å². The number of hydrogen-bond acceptors (Lipinski definition) is 5. The first kappa shape index (κ1) is 22.9.